The van der Waals surface area contributed by atoms with Gasteiger partial charge in [0.05, 0.1) is 12.8 Å². The largest absolute Gasteiger partial charge is 0.494 e. The van der Waals surface area contributed by atoms with Gasteiger partial charge in [0.1, 0.15) is 11.4 Å². The fraction of sp³-hybridized carbons (Fsp3) is 0.500. The van der Waals surface area contributed by atoms with Crippen molar-refractivity contribution in [2.45, 2.75) is 18.9 Å². The Morgan fingerprint density at radius 3 is 2.50 bits per heavy atom. The van der Waals surface area contributed by atoms with Crippen molar-refractivity contribution in [3.8, 4) is 0 Å². The second-order valence-electron chi connectivity index (χ2n) is 4.40. The van der Waals surface area contributed by atoms with E-state index in [1.807, 2.05) is 19.1 Å². The predicted molar refractivity (Wildman–Crippen MR) is 62.1 cm³/mol. The average Bonchev–Trinajstić information content (AvgIpc) is 2.26. The second-order valence-corrected chi connectivity index (χ2v) is 4.40. The molecule has 2 aliphatic rings. The highest BCUT2D eigenvalue weighted by Crippen LogP contribution is 2.43. The normalized spacial score (nSPS) is 32.6. The number of methoxy groups -OCH3 is 2. The van der Waals surface area contributed by atoms with Crippen molar-refractivity contribution in [2.75, 3.05) is 14.2 Å². The van der Waals surface area contributed by atoms with Crippen LogP contribution in [0.5, 0.6) is 0 Å². The summed E-state index contributed by atoms with van der Waals surface area (Å²) < 4.78 is 10.7. The summed E-state index contributed by atoms with van der Waals surface area (Å²) in [7, 11) is 3.32. The molecule has 4 N–H and O–H groups in total. The zero-order chi connectivity index (χ0) is 11.9. The molecule has 0 aliphatic heterocycles. The number of ether oxygens (including phenoxy) is 2. The highest BCUT2D eigenvalue weighted by Gasteiger charge is 2.44. The summed E-state index contributed by atoms with van der Waals surface area (Å²) in [5, 5.41) is 0. The fourth-order valence-corrected chi connectivity index (χ4v) is 2.25. The van der Waals surface area contributed by atoms with Crippen LogP contribution in [-0.2, 0) is 9.47 Å². The molecule has 0 fully saturated rings. The third-order valence-electron chi connectivity index (χ3n) is 3.61. The van der Waals surface area contributed by atoms with E-state index >= 15 is 0 Å². The molecule has 0 radical (unpaired) electrons. The van der Waals surface area contributed by atoms with Gasteiger partial charge in [0.2, 0.25) is 0 Å². The molecule has 2 aliphatic carbocycles. The highest BCUT2D eigenvalue weighted by molar-refractivity contribution is 5.49. The molecule has 0 aromatic heterocycles. The van der Waals surface area contributed by atoms with Crippen molar-refractivity contribution in [3.63, 3.8) is 0 Å². The lowest BCUT2D eigenvalue weighted by molar-refractivity contribution is -0.0186. The van der Waals surface area contributed by atoms with Gasteiger partial charge in [0.15, 0.2) is 0 Å². The summed E-state index contributed by atoms with van der Waals surface area (Å²) in [6.07, 6.45) is 4.83. The standard InChI is InChI=1S/C12H18N2O2/c1-12(16-3)8(6-10(12)14)4-7-5-9(13)11(7)15-2/h5-6,8H,4,13-14H2,1-3H3. The van der Waals surface area contributed by atoms with E-state index in [2.05, 4.69) is 0 Å². The van der Waals surface area contributed by atoms with E-state index in [4.69, 9.17) is 20.9 Å². The van der Waals surface area contributed by atoms with Gasteiger partial charge in [0, 0.05) is 18.7 Å². The van der Waals surface area contributed by atoms with Crippen molar-refractivity contribution in [1.82, 2.24) is 0 Å². The van der Waals surface area contributed by atoms with Gasteiger partial charge in [-0.2, -0.15) is 0 Å². The van der Waals surface area contributed by atoms with Crippen LogP contribution in [0.2, 0.25) is 0 Å². The third kappa shape index (κ3) is 1.33. The third-order valence-corrected chi connectivity index (χ3v) is 3.61. The molecule has 0 heterocycles. The Hall–Kier alpha value is -1.42. The highest BCUT2D eigenvalue weighted by atomic mass is 16.5. The molecule has 2 atom stereocenters. The van der Waals surface area contributed by atoms with Crippen LogP contribution in [0.4, 0.5) is 0 Å². The first-order chi connectivity index (χ1) is 7.52. The lowest BCUT2D eigenvalue weighted by atomic mass is 9.71. The van der Waals surface area contributed by atoms with Crippen LogP contribution < -0.4 is 11.5 Å². The minimum absolute atomic E-state index is 0.294. The van der Waals surface area contributed by atoms with Gasteiger partial charge in [-0.05, 0) is 25.0 Å². The Bertz CT molecular complexity index is 409. The first-order valence-corrected chi connectivity index (χ1v) is 5.30. The topological polar surface area (TPSA) is 70.5 Å². The van der Waals surface area contributed by atoms with Crippen molar-refractivity contribution < 1.29 is 9.47 Å². The predicted octanol–water partition coefficient (Wildman–Crippen LogP) is 1.01. The molecular formula is C12H18N2O2. The van der Waals surface area contributed by atoms with E-state index in [0.717, 1.165) is 23.5 Å². The summed E-state index contributed by atoms with van der Waals surface area (Å²) in [4.78, 5) is 0. The second kappa shape index (κ2) is 3.56. The van der Waals surface area contributed by atoms with E-state index in [0.29, 0.717) is 11.6 Å². The molecule has 0 bridgehead atoms. The van der Waals surface area contributed by atoms with Crippen LogP contribution in [0, 0.1) is 5.92 Å². The maximum Gasteiger partial charge on any atom is 0.145 e. The molecule has 0 amide bonds. The number of rotatable bonds is 4. The smallest absolute Gasteiger partial charge is 0.145 e. The Kier molecular flexibility index (Phi) is 2.46. The van der Waals surface area contributed by atoms with E-state index in [-0.39, 0.29) is 5.60 Å². The van der Waals surface area contributed by atoms with E-state index < -0.39 is 0 Å². The average molecular weight is 222 g/mol. The maximum atomic E-state index is 5.84. The summed E-state index contributed by atoms with van der Waals surface area (Å²) in [5.41, 5.74) is 13.8. The minimum Gasteiger partial charge on any atom is -0.494 e. The number of nitrogens with two attached hydrogens (primary N) is 2. The molecule has 4 heteroatoms. The Labute approximate surface area is 95.6 Å². The monoisotopic (exact) mass is 222 g/mol. The van der Waals surface area contributed by atoms with Crippen LogP contribution in [-0.4, -0.2) is 19.8 Å². The van der Waals surface area contributed by atoms with Crippen LogP contribution in [0.3, 0.4) is 0 Å². The molecule has 2 rings (SSSR count). The molecule has 0 saturated carbocycles. The zero-order valence-corrected chi connectivity index (χ0v) is 9.91. The molecular weight excluding hydrogens is 204 g/mol. The van der Waals surface area contributed by atoms with Crippen LogP contribution in [0.25, 0.3) is 0 Å². The Morgan fingerprint density at radius 2 is 2.06 bits per heavy atom. The summed E-state index contributed by atoms with van der Waals surface area (Å²) in [5.74, 6) is 1.10. The summed E-state index contributed by atoms with van der Waals surface area (Å²) >= 11 is 0. The van der Waals surface area contributed by atoms with Crippen LogP contribution in [0.15, 0.2) is 34.9 Å². The Balaban J connectivity index is 2.07. The summed E-state index contributed by atoms with van der Waals surface area (Å²) in [6.45, 7) is 2.01. The molecule has 0 aromatic carbocycles. The SMILES string of the molecule is COC1=C(CC2C=C(N)C2(C)OC)C=C1N. The van der Waals surface area contributed by atoms with Gasteiger partial charge in [-0.1, -0.05) is 6.08 Å². The quantitative estimate of drug-likeness (QED) is 0.744. The molecule has 16 heavy (non-hydrogen) atoms. The van der Waals surface area contributed by atoms with Gasteiger partial charge >= 0.3 is 0 Å². The van der Waals surface area contributed by atoms with Gasteiger partial charge < -0.3 is 20.9 Å². The number of allylic oxidation sites excluding steroid dienone is 2. The van der Waals surface area contributed by atoms with Gasteiger partial charge in [-0.25, -0.2) is 0 Å². The van der Waals surface area contributed by atoms with E-state index in [1.165, 1.54) is 0 Å². The minimum atomic E-state index is -0.343. The first-order valence-electron chi connectivity index (χ1n) is 5.30. The van der Waals surface area contributed by atoms with E-state index in [9.17, 15) is 0 Å². The van der Waals surface area contributed by atoms with Crippen LogP contribution in [0.1, 0.15) is 13.3 Å². The molecule has 0 aromatic rings. The van der Waals surface area contributed by atoms with Gasteiger partial charge in [-0.15, -0.1) is 0 Å². The lowest BCUT2D eigenvalue weighted by Crippen LogP contribution is -2.49. The summed E-state index contributed by atoms with van der Waals surface area (Å²) in [6, 6.07) is 0. The number of hydrogen-bond acceptors (Lipinski definition) is 4. The Morgan fingerprint density at radius 1 is 1.38 bits per heavy atom. The van der Waals surface area contributed by atoms with Gasteiger partial charge in [0.25, 0.3) is 0 Å². The maximum absolute atomic E-state index is 5.84. The first kappa shape index (κ1) is 11.1. The van der Waals surface area contributed by atoms with Crippen molar-refractivity contribution in [3.05, 3.63) is 34.9 Å². The molecule has 4 nitrogen and oxygen atoms in total. The molecule has 0 saturated heterocycles. The zero-order valence-electron chi connectivity index (χ0n) is 9.91. The molecule has 88 valence electrons. The van der Waals surface area contributed by atoms with E-state index in [1.54, 1.807) is 14.2 Å². The van der Waals surface area contributed by atoms with Crippen LogP contribution >= 0.6 is 0 Å². The number of hydrogen-bond donors (Lipinski definition) is 2. The molecule has 0 spiro atoms. The molecule has 2 unspecified atom stereocenters. The van der Waals surface area contributed by atoms with Crippen molar-refractivity contribution in [2.24, 2.45) is 17.4 Å². The van der Waals surface area contributed by atoms with Crippen molar-refractivity contribution >= 4 is 0 Å². The lowest BCUT2D eigenvalue weighted by Gasteiger charge is -2.44. The van der Waals surface area contributed by atoms with Crippen molar-refractivity contribution in [1.29, 1.82) is 0 Å². The fourth-order valence-electron chi connectivity index (χ4n) is 2.25. The van der Waals surface area contributed by atoms with Gasteiger partial charge in [-0.3, -0.25) is 0 Å².